The molecule has 0 aliphatic rings. The Kier molecular flexibility index (Phi) is 6.90. The number of nitrogens with zero attached hydrogens (tertiary/aromatic N) is 1. The third-order valence-corrected chi connectivity index (χ3v) is 5.07. The molecule has 1 heterocycles. The molecule has 5 nitrogen and oxygen atoms in total. The minimum Gasteiger partial charge on any atom is -0.493 e. The minimum atomic E-state index is -0.0788. The van der Waals surface area contributed by atoms with Gasteiger partial charge in [-0.15, -0.1) is 11.3 Å². The summed E-state index contributed by atoms with van der Waals surface area (Å²) in [5, 5.41) is 6.04. The number of aromatic nitrogens is 1. The van der Waals surface area contributed by atoms with Gasteiger partial charge in [0, 0.05) is 22.4 Å². The highest BCUT2D eigenvalue weighted by Crippen LogP contribution is 2.29. The average molecular weight is 417 g/mol. The number of aryl methyl sites for hydroxylation is 1. The molecule has 0 unspecified atom stereocenters. The van der Waals surface area contributed by atoms with Crippen LogP contribution in [0.25, 0.3) is 11.3 Å². The lowest BCUT2D eigenvalue weighted by atomic mass is 10.1. The Hall–Kier alpha value is -2.57. The van der Waals surface area contributed by atoms with E-state index in [0.717, 1.165) is 16.8 Å². The lowest BCUT2D eigenvalue weighted by molar-refractivity contribution is -0.116. The topological polar surface area (TPSA) is 60.5 Å². The van der Waals surface area contributed by atoms with Crippen molar-refractivity contribution in [2.24, 2.45) is 0 Å². The maximum absolute atomic E-state index is 12.3. The first kappa shape index (κ1) is 20.2. The maximum atomic E-state index is 12.3. The van der Waals surface area contributed by atoms with Gasteiger partial charge in [-0.25, -0.2) is 4.98 Å². The van der Waals surface area contributed by atoms with E-state index in [2.05, 4.69) is 10.3 Å². The van der Waals surface area contributed by atoms with E-state index in [1.165, 1.54) is 11.3 Å². The number of methoxy groups -OCH3 is 1. The van der Waals surface area contributed by atoms with E-state index >= 15 is 0 Å². The Balaban J connectivity index is 1.57. The Morgan fingerprint density at radius 3 is 2.68 bits per heavy atom. The highest BCUT2D eigenvalue weighted by molar-refractivity contribution is 7.14. The number of thiazole rings is 1. The molecule has 0 atom stereocenters. The van der Waals surface area contributed by atoms with Crippen LogP contribution in [0.5, 0.6) is 11.5 Å². The highest BCUT2D eigenvalue weighted by atomic mass is 35.5. The zero-order valence-electron chi connectivity index (χ0n) is 15.7. The second-order valence-corrected chi connectivity index (χ2v) is 7.31. The molecule has 0 aliphatic carbocycles. The van der Waals surface area contributed by atoms with Gasteiger partial charge in [-0.1, -0.05) is 29.8 Å². The van der Waals surface area contributed by atoms with Gasteiger partial charge < -0.3 is 14.8 Å². The molecular weight excluding hydrogens is 396 g/mol. The van der Waals surface area contributed by atoms with E-state index in [9.17, 15) is 4.79 Å². The molecule has 2 aromatic carbocycles. The third kappa shape index (κ3) is 5.24. The molecule has 28 heavy (non-hydrogen) atoms. The monoisotopic (exact) mass is 416 g/mol. The summed E-state index contributed by atoms with van der Waals surface area (Å²) in [6.45, 7) is 2.50. The van der Waals surface area contributed by atoms with Crippen LogP contribution < -0.4 is 14.8 Å². The van der Waals surface area contributed by atoms with Crippen LogP contribution in [0.3, 0.4) is 0 Å². The summed E-state index contributed by atoms with van der Waals surface area (Å²) in [4.78, 5) is 16.8. The van der Waals surface area contributed by atoms with Gasteiger partial charge in [0.25, 0.3) is 0 Å². The number of halogens is 1. The fourth-order valence-electron chi connectivity index (χ4n) is 2.67. The number of ether oxygens (including phenoxy) is 2. The van der Waals surface area contributed by atoms with Crippen LogP contribution >= 0.6 is 22.9 Å². The van der Waals surface area contributed by atoms with Crippen molar-refractivity contribution in [2.75, 3.05) is 19.0 Å². The molecule has 1 N–H and O–H groups in total. The summed E-state index contributed by atoms with van der Waals surface area (Å²) in [6.07, 6.45) is 0.955. The molecule has 3 aromatic rings. The Morgan fingerprint density at radius 2 is 1.96 bits per heavy atom. The Labute approximate surface area is 173 Å². The quantitative estimate of drug-likeness (QED) is 0.531. The first-order chi connectivity index (χ1) is 13.6. The molecule has 0 aliphatic heterocycles. The van der Waals surface area contributed by atoms with E-state index in [0.29, 0.717) is 41.1 Å². The number of amides is 1. The Bertz CT molecular complexity index is 941. The lowest BCUT2D eigenvalue weighted by Crippen LogP contribution is -2.12. The summed E-state index contributed by atoms with van der Waals surface area (Å²) < 4.78 is 10.9. The predicted molar refractivity (Wildman–Crippen MR) is 114 cm³/mol. The molecule has 0 saturated carbocycles. The summed E-state index contributed by atoms with van der Waals surface area (Å²) in [5.74, 6) is 1.30. The first-order valence-corrected chi connectivity index (χ1v) is 10.2. The molecule has 0 radical (unpaired) electrons. The fourth-order valence-corrected chi connectivity index (χ4v) is 3.53. The fraction of sp³-hybridized carbons (Fsp3) is 0.238. The smallest absolute Gasteiger partial charge is 0.226 e. The van der Waals surface area contributed by atoms with Crippen LogP contribution in [0.1, 0.15) is 18.9 Å². The molecule has 146 valence electrons. The van der Waals surface area contributed by atoms with Gasteiger partial charge in [-0.3, -0.25) is 4.79 Å². The van der Waals surface area contributed by atoms with E-state index in [-0.39, 0.29) is 5.91 Å². The van der Waals surface area contributed by atoms with Gasteiger partial charge in [0.2, 0.25) is 5.91 Å². The van der Waals surface area contributed by atoms with Gasteiger partial charge in [-0.2, -0.15) is 0 Å². The zero-order chi connectivity index (χ0) is 19.9. The van der Waals surface area contributed by atoms with Crippen LogP contribution in [0.2, 0.25) is 5.02 Å². The van der Waals surface area contributed by atoms with Crippen LogP contribution in [0.4, 0.5) is 5.13 Å². The van der Waals surface area contributed by atoms with E-state index < -0.39 is 0 Å². The second-order valence-electron chi connectivity index (χ2n) is 6.01. The molecule has 0 bridgehead atoms. The SMILES string of the molecule is CCOc1ccc(CCC(=O)Nc2nc(-c3ccc(Cl)cc3)cs2)cc1OC. The average Bonchev–Trinajstić information content (AvgIpc) is 3.16. The number of carbonyl (C=O) groups excluding carboxylic acids is 1. The van der Waals surface area contributed by atoms with Gasteiger partial charge in [-0.05, 0) is 43.2 Å². The summed E-state index contributed by atoms with van der Waals surface area (Å²) in [7, 11) is 1.61. The van der Waals surface area contributed by atoms with Crippen LogP contribution in [-0.2, 0) is 11.2 Å². The maximum Gasteiger partial charge on any atom is 0.226 e. The normalized spacial score (nSPS) is 10.5. The van der Waals surface area contributed by atoms with Crippen molar-refractivity contribution in [1.29, 1.82) is 0 Å². The van der Waals surface area contributed by atoms with Gasteiger partial charge in [0.1, 0.15) is 0 Å². The molecule has 7 heteroatoms. The number of hydrogen-bond acceptors (Lipinski definition) is 5. The standard InChI is InChI=1S/C21H21ClN2O3S/c1-3-27-18-10-4-14(12-19(18)26-2)5-11-20(25)24-21-23-17(13-28-21)15-6-8-16(22)9-7-15/h4,6-10,12-13H,3,5,11H2,1-2H3,(H,23,24,25). The van der Waals surface area contributed by atoms with E-state index in [4.69, 9.17) is 21.1 Å². The van der Waals surface area contributed by atoms with Gasteiger partial charge >= 0.3 is 0 Å². The number of nitrogens with one attached hydrogen (secondary N) is 1. The molecule has 1 amide bonds. The van der Waals surface area contributed by atoms with Gasteiger partial charge in [0.05, 0.1) is 19.4 Å². The summed E-state index contributed by atoms with van der Waals surface area (Å²) in [5.41, 5.74) is 2.78. The number of hydrogen-bond donors (Lipinski definition) is 1. The van der Waals surface area contributed by atoms with Crippen molar-refractivity contribution in [1.82, 2.24) is 4.98 Å². The number of anilines is 1. The van der Waals surface area contributed by atoms with E-state index in [1.54, 1.807) is 7.11 Å². The van der Waals surface area contributed by atoms with Crippen molar-refractivity contribution in [3.05, 3.63) is 58.4 Å². The Morgan fingerprint density at radius 1 is 1.18 bits per heavy atom. The lowest BCUT2D eigenvalue weighted by Gasteiger charge is -2.10. The minimum absolute atomic E-state index is 0.0788. The molecule has 1 aromatic heterocycles. The number of rotatable bonds is 8. The highest BCUT2D eigenvalue weighted by Gasteiger charge is 2.10. The largest absolute Gasteiger partial charge is 0.493 e. The van der Waals surface area contributed by atoms with Crippen molar-refractivity contribution < 1.29 is 14.3 Å². The van der Waals surface area contributed by atoms with Crippen molar-refractivity contribution in [3.63, 3.8) is 0 Å². The molecular formula is C21H21ClN2O3S. The molecule has 3 rings (SSSR count). The van der Waals surface area contributed by atoms with Crippen molar-refractivity contribution >= 4 is 34.0 Å². The van der Waals surface area contributed by atoms with Crippen LogP contribution in [0, 0.1) is 0 Å². The summed E-state index contributed by atoms with van der Waals surface area (Å²) >= 11 is 7.31. The second kappa shape index (κ2) is 9.57. The molecule has 0 saturated heterocycles. The summed E-state index contributed by atoms with van der Waals surface area (Å²) in [6, 6.07) is 13.2. The third-order valence-electron chi connectivity index (χ3n) is 4.06. The predicted octanol–water partition coefficient (Wildman–Crippen LogP) is 5.44. The molecule has 0 spiro atoms. The van der Waals surface area contributed by atoms with Crippen LogP contribution in [0.15, 0.2) is 47.8 Å². The van der Waals surface area contributed by atoms with Crippen molar-refractivity contribution in [3.8, 4) is 22.8 Å². The van der Waals surface area contributed by atoms with Crippen LogP contribution in [-0.4, -0.2) is 24.6 Å². The van der Waals surface area contributed by atoms with E-state index in [1.807, 2.05) is 54.8 Å². The number of carbonyl (C=O) groups is 1. The number of benzene rings is 2. The first-order valence-electron chi connectivity index (χ1n) is 8.90. The zero-order valence-corrected chi connectivity index (χ0v) is 17.3. The van der Waals surface area contributed by atoms with Gasteiger partial charge in [0.15, 0.2) is 16.6 Å². The van der Waals surface area contributed by atoms with Crippen molar-refractivity contribution in [2.45, 2.75) is 19.8 Å². The molecule has 0 fully saturated rings.